The predicted molar refractivity (Wildman–Crippen MR) is 104 cm³/mol. The third-order valence-corrected chi connectivity index (χ3v) is 4.20. The van der Waals surface area contributed by atoms with Crippen molar-refractivity contribution in [3.63, 3.8) is 0 Å². The van der Waals surface area contributed by atoms with Gasteiger partial charge in [-0.2, -0.15) is 0 Å². The molecule has 9 heteroatoms. The van der Waals surface area contributed by atoms with Gasteiger partial charge >= 0.3 is 0 Å². The highest BCUT2D eigenvalue weighted by Gasteiger charge is 2.32. The number of non-ortho nitro benzene ring substituents is 1. The van der Waals surface area contributed by atoms with Gasteiger partial charge in [-0.15, -0.1) is 24.8 Å². The Morgan fingerprint density at radius 2 is 1.76 bits per heavy atom. The van der Waals surface area contributed by atoms with Gasteiger partial charge in [0, 0.05) is 44.0 Å². The summed E-state index contributed by atoms with van der Waals surface area (Å²) in [6.07, 6.45) is 0. The quantitative estimate of drug-likeness (QED) is 0.629. The molecule has 0 spiro atoms. The number of halogens is 2. The second-order valence-electron chi connectivity index (χ2n) is 6.93. The van der Waals surface area contributed by atoms with E-state index in [2.05, 4.69) is 4.90 Å². The molecule has 0 unspecified atom stereocenters. The number of carbonyl (C=O) groups is 1. The number of anilines is 1. The molecular formula is C16H26Cl2N4O3. The highest BCUT2D eigenvalue weighted by molar-refractivity contribution is 5.85. The van der Waals surface area contributed by atoms with Gasteiger partial charge in [-0.25, -0.2) is 0 Å². The van der Waals surface area contributed by atoms with Crippen LogP contribution >= 0.6 is 24.8 Å². The Morgan fingerprint density at radius 3 is 2.24 bits per heavy atom. The Bertz CT molecular complexity index is 599. The second-order valence-corrected chi connectivity index (χ2v) is 6.93. The molecule has 1 saturated heterocycles. The van der Waals surface area contributed by atoms with Crippen molar-refractivity contribution in [2.75, 3.05) is 31.1 Å². The first kappa shape index (κ1) is 23.4. The van der Waals surface area contributed by atoms with Crippen LogP contribution in [0.4, 0.5) is 11.4 Å². The number of rotatable bonds is 3. The van der Waals surface area contributed by atoms with E-state index in [1.165, 1.54) is 6.07 Å². The molecule has 0 saturated carbocycles. The number of piperazine rings is 1. The predicted octanol–water partition coefficient (Wildman–Crippen LogP) is 2.46. The first-order chi connectivity index (χ1) is 10.7. The van der Waals surface area contributed by atoms with E-state index in [4.69, 9.17) is 5.73 Å². The Kier molecular flexibility index (Phi) is 8.64. The molecule has 0 aliphatic carbocycles. The van der Waals surface area contributed by atoms with Crippen LogP contribution in [0.3, 0.4) is 0 Å². The van der Waals surface area contributed by atoms with Crippen molar-refractivity contribution in [3.8, 4) is 0 Å². The Hall–Kier alpha value is -1.57. The zero-order valence-corrected chi connectivity index (χ0v) is 16.3. The van der Waals surface area contributed by atoms with Gasteiger partial charge in [0.2, 0.25) is 5.91 Å². The van der Waals surface area contributed by atoms with Gasteiger partial charge in [0.15, 0.2) is 0 Å². The average molecular weight is 393 g/mol. The summed E-state index contributed by atoms with van der Waals surface area (Å²) in [6.45, 7) is 8.29. The molecule has 2 rings (SSSR count). The van der Waals surface area contributed by atoms with E-state index in [1.54, 1.807) is 17.0 Å². The van der Waals surface area contributed by atoms with Gasteiger partial charge in [0.1, 0.15) is 0 Å². The summed E-state index contributed by atoms with van der Waals surface area (Å²) in [5.74, 6) is -0.0313. The van der Waals surface area contributed by atoms with Crippen LogP contribution in [0.1, 0.15) is 20.8 Å². The number of benzene rings is 1. The molecule has 1 aromatic carbocycles. The van der Waals surface area contributed by atoms with Crippen LogP contribution in [0.15, 0.2) is 24.3 Å². The smallest absolute Gasteiger partial charge is 0.271 e. The van der Waals surface area contributed by atoms with E-state index in [-0.39, 0.29) is 41.8 Å². The van der Waals surface area contributed by atoms with Crippen LogP contribution in [-0.2, 0) is 4.79 Å². The standard InChI is InChI=1S/C16H24N4O3.2ClH/c1-16(2,3)14(17)15(21)19-9-7-18(8-10-19)12-5-4-6-13(11-12)20(22)23;;/h4-6,11,14H,7-10,17H2,1-3H3;2*1H/t14-;;/m1../s1. The maximum Gasteiger partial charge on any atom is 0.271 e. The highest BCUT2D eigenvalue weighted by Crippen LogP contribution is 2.23. The molecule has 1 fully saturated rings. The van der Waals surface area contributed by atoms with Gasteiger partial charge in [-0.1, -0.05) is 26.8 Å². The van der Waals surface area contributed by atoms with Crippen molar-refractivity contribution in [3.05, 3.63) is 34.4 Å². The largest absolute Gasteiger partial charge is 0.368 e. The lowest BCUT2D eigenvalue weighted by molar-refractivity contribution is -0.384. The van der Waals surface area contributed by atoms with Crippen molar-refractivity contribution in [1.82, 2.24) is 4.90 Å². The Labute approximate surface area is 160 Å². The summed E-state index contributed by atoms with van der Waals surface area (Å²) in [7, 11) is 0. The van der Waals surface area contributed by atoms with Gasteiger partial charge < -0.3 is 15.5 Å². The number of carbonyl (C=O) groups excluding carboxylic acids is 1. The fraction of sp³-hybridized carbons (Fsp3) is 0.562. The summed E-state index contributed by atoms with van der Waals surface area (Å²) in [5.41, 5.74) is 6.67. The number of nitro benzene ring substituents is 1. The number of amides is 1. The van der Waals surface area contributed by atoms with Crippen LogP contribution < -0.4 is 10.6 Å². The van der Waals surface area contributed by atoms with Crippen LogP contribution in [0.25, 0.3) is 0 Å². The van der Waals surface area contributed by atoms with Crippen molar-refractivity contribution in [1.29, 1.82) is 0 Å². The molecule has 1 aliphatic heterocycles. The molecule has 1 amide bonds. The molecular weight excluding hydrogens is 367 g/mol. The van der Waals surface area contributed by atoms with Crippen LogP contribution in [-0.4, -0.2) is 48.0 Å². The first-order valence-electron chi connectivity index (χ1n) is 7.74. The van der Waals surface area contributed by atoms with Gasteiger partial charge in [-0.3, -0.25) is 14.9 Å². The van der Waals surface area contributed by atoms with E-state index in [0.717, 1.165) is 5.69 Å². The zero-order chi connectivity index (χ0) is 17.2. The minimum absolute atomic E-state index is 0. The first-order valence-corrected chi connectivity index (χ1v) is 7.74. The summed E-state index contributed by atoms with van der Waals surface area (Å²) in [4.78, 5) is 26.7. The van der Waals surface area contributed by atoms with Crippen LogP contribution in [0.5, 0.6) is 0 Å². The molecule has 25 heavy (non-hydrogen) atoms. The fourth-order valence-corrected chi connectivity index (χ4v) is 2.56. The molecule has 1 heterocycles. The monoisotopic (exact) mass is 392 g/mol. The Balaban J connectivity index is 0.00000288. The lowest BCUT2D eigenvalue weighted by Crippen LogP contribution is -2.56. The normalized spacial score (nSPS) is 15.7. The molecule has 0 radical (unpaired) electrons. The Morgan fingerprint density at radius 1 is 1.20 bits per heavy atom. The number of hydrogen-bond acceptors (Lipinski definition) is 5. The van der Waals surface area contributed by atoms with Crippen molar-refractivity contribution in [2.24, 2.45) is 11.1 Å². The number of hydrogen-bond donors (Lipinski definition) is 1. The third kappa shape index (κ3) is 5.73. The lowest BCUT2D eigenvalue weighted by atomic mass is 9.86. The van der Waals surface area contributed by atoms with E-state index in [1.807, 2.05) is 26.8 Å². The van der Waals surface area contributed by atoms with E-state index >= 15 is 0 Å². The average Bonchev–Trinajstić information content (AvgIpc) is 2.53. The minimum atomic E-state index is -0.521. The van der Waals surface area contributed by atoms with Crippen molar-refractivity contribution < 1.29 is 9.72 Å². The van der Waals surface area contributed by atoms with Gasteiger partial charge in [-0.05, 0) is 11.5 Å². The number of nitrogens with zero attached hydrogens (tertiary/aromatic N) is 3. The maximum atomic E-state index is 12.4. The number of nitrogens with two attached hydrogens (primary N) is 1. The third-order valence-electron chi connectivity index (χ3n) is 4.20. The molecule has 1 aromatic rings. The van der Waals surface area contributed by atoms with Crippen LogP contribution in [0.2, 0.25) is 0 Å². The minimum Gasteiger partial charge on any atom is -0.368 e. The lowest BCUT2D eigenvalue weighted by Gasteiger charge is -2.39. The second kappa shape index (κ2) is 9.22. The van der Waals surface area contributed by atoms with E-state index in [0.29, 0.717) is 26.2 Å². The SMILES string of the molecule is CC(C)(C)[C@H](N)C(=O)N1CCN(c2cccc([N+](=O)[O-])c2)CC1.Cl.Cl. The van der Waals surface area contributed by atoms with Gasteiger partial charge in [0.05, 0.1) is 11.0 Å². The number of nitro groups is 1. The molecule has 142 valence electrons. The summed E-state index contributed by atoms with van der Waals surface area (Å²) in [5, 5.41) is 10.9. The molecule has 7 nitrogen and oxygen atoms in total. The molecule has 0 aromatic heterocycles. The highest BCUT2D eigenvalue weighted by atomic mass is 35.5. The molecule has 1 aliphatic rings. The maximum absolute atomic E-state index is 12.4. The van der Waals surface area contributed by atoms with Crippen molar-refractivity contribution in [2.45, 2.75) is 26.8 Å². The molecule has 1 atom stereocenters. The van der Waals surface area contributed by atoms with E-state index in [9.17, 15) is 14.9 Å². The van der Waals surface area contributed by atoms with Crippen LogP contribution in [0, 0.1) is 15.5 Å². The summed E-state index contributed by atoms with van der Waals surface area (Å²) in [6, 6.07) is 6.06. The van der Waals surface area contributed by atoms with Gasteiger partial charge in [0.25, 0.3) is 5.69 Å². The van der Waals surface area contributed by atoms with Crippen molar-refractivity contribution >= 4 is 42.1 Å². The zero-order valence-electron chi connectivity index (χ0n) is 14.7. The molecule has 2 N–H and O–H groups in total. The summed E-state index contributed by atoms with van der Waals surface area (Å²) >= 11 is 0. The fourth-order valence-electron chi connectivity index (χ4n) is 2.56. The molecule has 0 bridgehead atoms. The summed E-state index contributed by atoms with van der Waals surface area (Å²) < 4.78 is 0. The van der Waals surface area contributed by atoms with E-state index < -0.39 is 11.0 Å². The topological polar surface area (TPSA) is 92.7 Å².